The molecule has 0 spiro atoms. The van der Waals surface area contributed by atoms with Gasteiger partial charge in [0, 0.05) is 17.9 Å². The SMILES string of the molecule is CCCOC(=O)CCCCNC1(c2ccccc2Cl)CCCCC1=O.Cl. The van der Waals surface area contributed by atoms with E-state index in [-0.39, 0.29) is 24.2 Å². The molecule has 1 aromatic carbocycles. The van der Waals surface area contributed by atoms with Crippen LogP contribution in [0.4, 0.5) is 0 Å². The Bertz CT molecular complexity index is 594. The average molecular weight is 402 g/mol. The molecule has 0 saturated heterocycles. The number of ketones is 1. The third-order valence-corrected chi connectivity index (χ3v) is 5.05. The molecular weight excluding hydrogens is 373 g/mol. The van der Waals surface area contributed by atoms with Crippen molar-refractivity contribution >= 4 is 35.8 Å². The maximum Gasteiger partial charge on any atom is 0.305 e. The Morgan fingerprint density at radius 2 is 2.04 bits per heavy atom. The summed E-state index contributed by atoms with van der Waals surface area (Å²) in [5.41, 5.74) is 0.197. The Kier molecular flexibility index (Phi) is 10.2. The van der Waals surface area contributed by atoms with Crippen LogP contribution >= 0.6 is 24.0 Å². The van der Waals surface area contributed by atoms with Crippen LogP contribution in [0.3, 0.4) is 0 Å². The van der Waals surface area contributed by atoms with Crippen LogP contribution in [0.5, 0.6) is 0 Å². The first kappa shape index (κ1) is 22.9. The number of rotatable bonds is 9. The summed E-state index contributed by atoms with van der Waals surface area (Å²) in [4.78, 5) is 24.3. The predicted octanol–water partition coefficient (Wildman–Crippen LogP) is 4.81. The Labute approximate surface area is 167 Å². The lowest BCUT2D eigenvalue weighted by Crippen LogP contribution is -2.51. The molecule has 0 radical (unpaired) electrons. The van der Waals surface area contributed by atoms with Crippen LogP contribution < -0.4 is 5.32 Å². The van der Waals surface area contributed by atoms with Gasteiger partial charge in [-0.15, -0.1) is 12.4 Å². The number of hydrogen-bond donors (Lipinski definition) is 1. The molecule has 1 N–H and O–H groups in total. The second-order valence-electron chi connectivity index (χ2n) is 6.62. The van der Waals surface area contributed by atoms with Crippen LogP contribution in [0, 0.1) is 0 Å². The highest BCUT2D eigenvalue weighted by Gasteiger charge is 2.41. The van der Waals surface area contributed by atoms with E-state index >= 15 is 0 Å². The maximum absolute atomic E-state index is 12.8. The number of ether oxygens (including phenoxy) is 1. The Hall–Kier alpha value is -1.10. The van der Waals surface area contributed by atoms with Gasteiger partial charge in [0.1, 0.15) is 5.54 Å². The minimum atomic E-state index is -0.681. The van der Waals surface area contributed by atoms with Crippen molar-refractivity contribution in [3.05, 3.63) is 34.9 Å². The number of carbonyl (C=O) groups is 2. The molecule has 1 aliphatic carbocycles. The van der Waals surface area contributed by atoms with Crippen LogP contribution in [-0.2, 0) is 19.9 Å². The number of halogens is 2. The van der Waals surface area contributed by atoms with E-state index in [2.05, 4.69) is 5.32 Å². The molecular formula is C20H29Cl2NO3. The van der Waals surface area contributed by atoms with Crippen LogP contribution in [0.15, 0.2) is 24.3 Å². The van der Waals surface area contributed by atoms with Gasteiger partial charge in [-0.05, 0) is 50.3 Å². The molecule has 0 aromatic heterocycles. The van der Waals surface area contributed by atoms with Crippen molar-refractivity contribution < 1.29 is 14.3 Å². The van der Waals surface area contributed by atoms with Crippen molar-refractivity contribution in [3.8, 4) is 0 Å². The lowest BCUT2D eigenvalue weighted by Gasteiger charge is -2.38. The first-order valence-corrected chi connectivity index (χ1v) is 9.67. The quantitative estimate of drug-likeness (QED) is 0.476. The fraction of sp³-hybridized carbons (Fsp3) is 0.600. The summed E-state index contributed by atoms with van der Waals surface area (Å²) in [7, 11) is 0. The summed E-state index contributed by atoms with van der Waals surface area (Å²) in [5.74, 6) is 0.0746. The molecule has 1 saturated carbocycles. The zero-order chi connectivity index (χ0) is 18.1. The van der Waals surface area contributed by atoms with Gasteiger partial charge in [-0.3, -0.25) is 9.59 Å². The summed E-state index contributed by atoms with van der Waals surface area (Å²) in [6, 6.07) is 7.59. The smallest absolute Gasteiger partial charge is 0.305 e. The predicted molar refractivity (Wildman–Crippen MR) is 107 cm³/mol. The minimum Gasteiger partial charge on any atom is -0.466 e. The van der Waals surface area contributed by atoms with Gasteiger partial charge in [0.05, 0.1) is 6.61 Å². The van der Waals surface area contributed by atoms with Crippen LogP contribution in [0.25, 0.3) is 0 Å². The van der Waals surface area contributed by atoms with E-state index in [4.69, 9.17) is 16.3 Å². The van der Waals surface area contributed by atoms with E-state index in [1.165, 1.54) is 0 Å². The number of nitrogens with one attached hydrogen (secondary N) is 1. The molecule has 146 valence electrons. The number of hydrogen-bond acceptors (Lipinski definition) is 4. The van der Waals surface area contributed by atoms with Gasteiger partial charge in [0.15, 0.2) is 5.78 Å². The molecule has 0 aliphatic heterocycles. The zero-order valence-corrected chi connectivity index (χ0v) is 17.0. The fourth-order valence-corrected chi connectivity index (χ4v) is 3.68. The van der Waals surface area contributed by atoms with Gasteiger partial charge in [-0.25, -0.2) is 0 Å². The monoisotopic (exact) mass is 401 g/mol. The van der Waals surface area contributed by atoms with Gasteiger partial charge in [0.2, 0.25) is 0 Å². The van der Waals surface area contributed by atoms with E-state index in [9.17, 15) is 9.59 Å². The summed E-state index contributed by atoms with van der Waals surface area (Å²) < 4.78 is 5.08. The van der Waals surface area contributed by atoms with Gasteiger partial charge in [0.25, 0.3) is 0 Å². The molecule has 1 fully saturated rings. The largest absolute Gasteiger partial charge is 0.466 e. The third kappa shape index (κ3) is 5.97. The topological polar surface area (TPSA) is 55.4 Å². The fourth-order valence-electron chi connectivity index (χ4n) is 3.39. The van der Waals surface area contributed by atoms with Gasteiger partial charge in [-0.2, -0.15) is 0 Å². The molecule has 1 atom stereocenters. The van der Waals surface area contributed by atoms with E-state index in [0.29, 0.717) is 31.0 Å². The van der Waals surface area contributed by atoms with Gasteiger partial charge < -0.3 is 10.1 Å². The molecule has 1 unspecified atom stereocenters. The van der Waals surface area contributed by atoms with Crippen molar-refractivity contribution in [1.82, 2.24) is 5.32 Å². The van der Waals surface area contributed by atoms with Crippen LogP contribution in [0.1, 0.15) is 63.9 Å². The first-order chi connectivity index (χ1) is 12.1. The molecule has 1 aromatic rings. The molecule has 0 amide bonds. The van der Waals surface area contributed by atoms with E-state index in [1.54, 1.807) is 0 Å². The summed E-state index contributed by atoms with van der Waals surface area (Å²) in [6.45, 7) is 3.14. The second-order valence-corrected chi connectivity index (χ2v) is 7.03. The molecule has 26 heavy (non-hydrogen) atoms. The number of carbonyl (C=O) groups excluding carboxylic acids is 2. The lowest BCUT2D eigenvalue weighted by molar-refractivity contribution is -0.143. The Morgan fingerprint density at radius 3 is 2.73 bits per heavy atom. The minimum absolute atomic E-state index is 0. The molecule has 6 heteroatoms. The number of esters is 1. The highest BCUT2D eigenvalue weighted by Crippen LogP contribution is 2.38. The molecule has 1 aliphatic rings. The van der Waals surface area contributed by atoms with Crippen LogP contribution in [0.2, 0.25) is 5.02 Å². The molecule has 2 rings (SSSR count). The summed E-state index contributed by atoms with van der Waals surface area (Å²) >= 11 is 6.39. The third-order valence-electron chi connectivity index (χ3n) is 4.72. The van der Waals surface area contributed by atoms with E-state index < -0.39 is 5.54 Å². The second kappa shape index (κ2) is 11.6. The lowest BCUT2D eigenvalue weighted by atomic mass is 9.75. The normalized spacial score (nSPS) is 19.7. The van der Waals surface area contributed by atoms with Crippen molar-refractivity contribution in [2.75, 3.05) is 13.2 Å². The summed E-state index contributed by atoms with van der Waals surface area (Å²) in [6.07, 6.45) is 6.15. The van der Waals surface area contributed by atoms with Crippen molar-refractivity contribution in [2.45, 2.75) is 63.8 Å². The Balaban J connectivity index is 0.00000338. The average Bonchev–Trinajstić information content (AvgIpc) is 2.62. The zero-order valence-electron chi connectivity index (χ0n) is 15.4. The maximum atomic E-state index is 12.8. The molecule has 0 heterocycles. The van der Waals surface area contributed by atoms with Crippen LogP contribution in [-0.4, -0.2) is 24.9 Å². The summed E-state index contributed by atoms with van der Waals surface area (Å²) in [5, 5.41) is 4.11. The number of unbranched alkanes of at least 4 members (excludes halogenated alkanes) is 1. The van der Waals surface area contributed by atoms with E-state index in [1.807, 2.05) is 31.2 Å². The molecule has 0 bridgehead atoms. The highest BCUT2D eigenvalue weighted by atomic mass is 35.5. The van der Waals surface area contributed by atoms with Gasteiger partial charge >= 0.3 is 5.97 Å². The van der Waals surface area contributed by atoms with Crippen molar-refractivity contribution in [2.24, 2.45) is 0 Å². The number of benzene rings is 1. The number of Topliss-reactive ketones (excluding diaryl/α,β-unsaturated/α-hetero) is 1. The van der Waals surface area contributed by atoms with E-state index in [0.717, 1.165) is 44.1 Å². The first-order valence-electron chi connectivity index (χ1n) is 9.29. The van der Waals surface area contributed by atoms with Gasteiger partial charge in [-0.1, -0.05) is 43.1 Å². The highest BCUT2D eigenvalue weighted by molar-refractivity contribution is 6.31. The van der Waals surface area contributed by atoms with Crippen molar-refractivity contribution in [3.63, 3.8) is 0 Å². The molecule has 4 nitrogen and oxygen atoms in total. The van der Waals surface area contributed by atoms with Crippen molar-refractivity contribution in [1.29, 1.82) is 0 Å². The standard InChI is InChI=1S/C20H28ClNO3.ClH/c1-2-15-25-19(24)12-6-8-14-22-20(13-7-5-11-18(20)23)16-9-3-4-10-17(16)21;/h3-4,9-10,22H,2,5-8,11-15H2,1H3;1H. The Morgan fingerprint density at radius 1 is 1.27 bits per heavy atom.